The number of nitrogens with one attached hydrogen (secondary N) is 1. The average molecular weight is 558 g/mol. The number of methoxy groups -OCH3 is 1. The molecule has 0 unspecified atom stereocenters. The zero-order valence-electron chi connectivity index (χ0n) is 21.9. The molecule has 1 aromatic heterocycles. The van der Waals surface area contributed by atoms with Crippen molar-refractivity contribution in [1.29, 1.82) is 0 Å². The molecule has 1 atom stereocenters. The fraction of sp³-hybridized carbons (Fsp3) is 0.241. The van der Waals surface area contributed by atoms with Gasteiger partial charge in [0.15, 0.2) is 11.2 Å². The molecule has 0 amide bonds. The topological polar surface area (TPSA) is 193 Å². The van der Waals surface area contributed by atoms with E-state index in [2.05, 4.69) is 10.1 Å². The number of aromatic amines is 1. The first-order valence-electron chi connectivity index (χ1n) is 12.6. The molecule has 208 valence electrons. The Bertz CT molecular complexity index is 2350. The molecule has 0 fully saturated rings. The van der Waals surface area contributed by atoms with Gasteiger partial charge in [-0.25, -0.2) is 0 Å². The Morgan fingerprint density at radius 3 is 2.22 bits per heavy atom. The van der Waals surface area contributed by atoms with E-state index in [-0.39, 0.29) is 29.9 Å². The minimum atomic E-state index is -1.96. The van der Waals surface area contributed by atoms with Crippen LogP contribution in [0.15, 0.2) is 47.3 Å². The van der Waals surface area contributed by atoms with Crippen LogP contribution in [0.5, 0.6) is 11.5 Å². The number of hydrogen-bond donors (Lipinski definition) is 4. The Morgan fingerprint density at radius 2 is 1.59 bits per heavy atom. The van der Waals surface area contributed by atoms with Gasteiger partial charge in [-0.1, -0.05) is 11.2 Å². The maximum Gasteiger partial charge on any atom is 0.260 e. The van der Waals surface area contributed by atoms with E-state index in [1.54, 1.807) is 26.0 Å². The first-order valence-corrected chi connectivity index (χ1v) is 12.6. The quantitative estimate of drug-likeness (QED) is 0.183. The predicted molar refractivity (Wildman–Crippen MR) is 147 cm³/mol. The van der Waals surface area contributed by atoms with Crippen LogP contribution in [0.25, 0.3) is 22.3 Å². The SMILES string of the molecule is COc1cc(=O)c2c(=O)c3c(c(=O)c=2c1=O)=C(O)[C@]1(CCc2cc4cc(/C=N/OC(C)C)[nH]c(=O)c4c(O)c21)C=3O. The highest BCUT2D eigenvalue weighted by atomic mass is 16.6. The van der Waals surface area contributed by atoms with Crippen LogP contribution in [-0.2, 0) is 16.7 Å². The molecule has 1 aromatic carbocycles. The number of aromatic hydroxyl groups is 1. The van der Waals surface area contributed by atoms with Crippen LogP contribution in [0.2, 0.25) is 0 Å². The highest BCUT2D eigenvalue weighted by Crippen LogP contribution is 2.54. The molecule has 4 aliphatic rings. The van der Waals surface area contributed by atoms with Crippen molar-refractivity contribution in [3.05, 3.63) is 107 Å². The molecule has 0 saturated heterocycles. The third kappa shape index (κ3) is 3.27. The molecule has 6 rings (SSSR count). The van der Waals surface area contributed by atoms with Crippen molar-refractivity contribution >= 4 is 28.5 Å². The maximum absolute atomic E-state index is 13.6. The summed E-state index contributed by atoms with van der Waals surface area (Å²) in [6, 6.07) is 3.94. The molecule has 1 spiro atoms. The van der Waals surface area contributed by atoms with Crippen LogP contribution in [0.1, 0.15) is 37.1 Å². The van der Waals surface area contributed by atoms with Crippen molar-refractivity contribution in [1.82, 2.24) is 4.98 Å². The van der Waals surface area contributed by atoms with Crippen LogP contribution in [-0.4, -0.2) is 39.7 Å². The summed E-state index contributed by atoms with van der Waals surface area (Å²) >= 11 is 0. The van der Waals surface area contributed by atoms with E-state index < -0.39 is 76.6 Å². The van der Waals surface area contributed by atoms with Crippen molar-refractivity contribution < 1.29 is 24.9 Å². The summed E-state index contributed by atoms with van der Waals surface area (Å²) in [5.41, 5.74) is -6.20. The number of fused-ring (bicyclic) bond motifs is 4. The van der Waals surface area contributed by atoms with Gasteiger partial charge < -0.3 is 29.9 Å². The Kier molecular flexibility index (Phi) is 5.46. The number of phenols is 1. The van der Waals surface area contributed by atoms with E-state index in [0.717, 1.165) is 13.2 Å². The first kappa shape index (κ1) is 26.0. The van der Waals surface area contributed by atoms with Crippen molar-refractivity contribution in [2.24, 2.45) is 5.16 Å². The van der Waals surface area contributed by atoms with Crippen LogP contribution >= 0.6 is 0 Å². The van der Waals surface area contributed by atoms with Crippen LogP contribution < -0.4 is 42.4 Å². The number of aliphatic hydroxyl groups excluding tert-OH is 2. The average Bonchev–Trinajstić information content (AvgIpc) is 3.40. The summed E-state index contributed by atoms with van der Waals surface area (Å²) in [7, 11) is 1.12. The molecule has 0 bridgehead atoms. The fourth-order valence-corrected chi connectivity index (χ4v) is 6.05. The normalized spacial score (nSPS) is 17.9. The Balaban J connectivity index is 1.70. The number of oxime groups is 1. The molecular formula is C29H22N2O10. The number of hydrogen-bond acceptors (Lipinski definition) is 11. The number of ether oxygens (including phenoxy) is 1. The van der Waals surface area contributed by atoms with Gasteiger partial charge in [-0.2, -0.15) is 0 Å². The van der Waals surface area contributed by atoms with Crippen LogP contribution in [0.4, 0.5) is 0 Å². The van der Waals surface area contributed by atoms with E-state index in [4.69, 9.17) is 9.57 Å². The van der Waals surface area contributed by atoms with Crippen LogP contribution in [0, 0.1) is 10.4 Å². The minimum absolute atomic E-state index is 0.0589. The van der Waals surface area contributed by atoms with E-state index in [1.165, 1.54) is 6.21 Å². The number of benzene rings is 1. The molecule has 0 saturated carbocycles. The highest BCUT2D eigenvalue weighted by molar-refractivity contribution is 5.96. The summed E-state index contributed by atoms with van der Waals surface area (Å²) < 4.78 is 4.89. The number of H-pyrrole nitrogens is 1. The number of aryl methyl sites for hydroxylation is 1. The smallest absolute Gasteiger partial charge is 0.260 e. The number of pyridine rings is 1. The molecule has 1 heterocycles. The second-order valence-electron chi connectivity index (χ2n) is 10.3. The van der Waals surface area contributed by atoms with Gasteiger partial charge in [-0.15, -0.1) is 0 Å². The summed E-state index contributed by atoms with van der Waals surface area (Å²) in [5.74, 6) is -2.53. The lowest BCUT2D eigenvalue weighted by molar-refractivity contribution is 0.0873. The lowest BCUT2D eigenvalue weighted by Crippen LogP contribution is -2.51. The maximum atomic E-state index is 13.6. The molecule has 4 N–H and O–H groups in total. The molecule has 12 heteroatoms. The zero-order chi connectivity index (χ0) is 29.5. The monoisotopic (exact) mass is 558 g/mol. The van der Waals surface area contributed by atoms with Gasteiger partial charge in [0, 0.05) is 11.6 Å². The van der Waals surface area contributed by atoms with Crippen molar-refractivity contribution in [2.45, 2.75) is 38.2 Å². The second kappa shape index (κ2) is 8.62. The Labute approximate surface area is 227 Å². The summed E-state index contributed by atoms with van der Waals surface area (Å²) in [6.45, 7) is 3.56. The predicted octanol–water partition coefficient (Wildman–Crippen LogP) is -0.727. The van der Waals surface area contributed by atoms with Gasteiger partial charge >= 0.3 is 0 Å². The van der Waals surface area contributed by atoms with E-state index in [9.17, 15) is 39.3 Å². The van der Waals surface area contributed by atoms with Gasteiger partial charge in [-0.05, 0) is 43.7 Å². The van der Waals surface area contributed by atoms with Crippen molar-refractivity contribution in [3.63, 3.8) is 0 Å². The molecular weight excluding hydrogens is 536 g/mol. The Morgan fingerprint density at radius 1 is 0.927 bits per heavy atom. The lowest BCUT2D eigenvalue weighted by Gasteiger charge is -2.27. The molecule has 12 nitrogen and oxygen atoms in total. The zero-order valence-corrected chi connectivity index (χ0v) is 21.9. The van der Waals surface area contributed by atoms with E-state index in [0.29, 0.717) is 16.6 Å². The summed E-state index contributed by atoms with van der Waals surface area (Å²) in [6.07, 6.45) is 1.21. The van der Waals surface area contributed by atoms with Gasteiger partial charge in [0.2, 0.25) is 16.3 Å². The molecule has 0 radical (unpaired) electrons. The molecule has 2 aromatic rings. The molecule has 41 heavy (non-hydrogen) atoms. The second-order valence-corrected chi connectivity index (χ2v) is 10.3. The fourth-order valence-electron chi connectivity index (χ4n) is 6.05. The summed E-state index contributed by atoms with van der Waals surface area (Å²) in [4.78, 5) is 73.5. The standard InChI is InChI=1S/C29H22N2O10/c1-10(2)41-30-9-13-7-12-6-11-4-5-29(21(11)25(36)16(12)28(39)31-13)26(37)19-20(27(29)38)24(35)18-17(23(19)34)14(32)8-15(40-3)22(18)33/h6-10,36-38H,4-5H2,1-3H3,(H,31,39)/b30-9+/t29-/m0/s1. The molecule has 4 aliphatic carbocycles. The van der Waals surface area contributed by atoms with E-state index in [1.807, 2.05) is 0 Å². The minimum Gasteiger partial charge on any atom is -0.510 e. The van der Waals surface area contributed by atoms with Gasteiger partial charge in [0.1, 0.15) is 28.8 Å². The number of phenolic OH excluding ortho intramolecular Hbond substituents is 1. The van der Waals surface area contributed by atoms with Gasteiger partial charge in [0.05, 0.1) is 45.3 Å². The third-order valence-corrected chi connectivity index (χ3v) is 7.74. The van der Waals surface area contributed by atoms with E-state index >= 15 is 0 Å². The number of aromatic nitrogens is 1. The highest BCUT2D eigenvalue weighted by Gasteiger charge is 2.53. The number of rotatable bonds is 4. The Hall–Kier alpha value is -5.26. The number of aliphatic hydroxyl groups is 2. The summed E-state index contributed by atoms with van der Waals surface area (Å²) in [5, 5.41) is 35.6. The number of nitrogens with zero attached hydrogens (tertiary/aromatic N) is 1. The van der Waals surface area contributed by atoms with Crippen molar-refractivity contribution in [3.8, 4) is 11.5 Å². The van der Waals surface area contributed by atoms with Gasteiger partial charge in [0.25, 0.3) is 5.56 Å². The lowest BCUT2D eigenvalue weighted by atomic mass is 9.78. The largest absolute Gasteiger partial charge is 0.510 e. The first-order chi connectivity index (χ1) is 19.4. The third-order valence-electron chi connectivity index (χ3n) is 7.74. The molecule has 0 aliphatic heterocycles. The van der Waals surface area contributed by atoms with Gasteiger partial charge in [-0.3, -0.25) is 24.0 Å². The van der Waals surface area contributed by atoms with Crippen molar-refractivity contribution in [2.75, 3.05) is 7.11 Å². The van der Waals surface area contributed by atoms with Crippen LogP contribution in [0.3, 0.4) is 0 Å².